The van der Waals surface area contributed by atoms with Crippen LogP contribution in [0.3, 0.4) is 0 Å². The number of benzene rings is 4. The predicted molar refractivity (Wildman–Crippen MR) is 97.4 cm³/mol. The Hall–Kier alpha value is -3.40. The minimum atomic E-state index is -0.0345. The molecule has 4 heteroatoms. The topological polar surface area (TPSA) is 80.9 Å². The molecule has 0 radical (unpaired) electrons. The number of hydrogen-bond acceptors (Lipinski definition) is 4. The van der Waals surface area contributed by atoms with Gasteiger partial charge in [0.25, 0.3) is 0 Å². The summed E-state index contributed by atoms with van der Waals surface area (Å²) in [5.41, 5.74) is 1.22. The van der Waals surface area contributed by atoms with Gasteiger partial charge in [-0.3, -0.25) is 0 Å². The maximum Gasteiger partial charge on any atom is 0.127 e. The number of hydrogen-bond donors (Lipinski definition) is 4. The van der Waals surface area contributed by atoms with Crippen LogP contribution in [0.15, 0.2) is 60.7 Å². The predicted octanol–water partition coefficient (Wildman–Crippen LogP) is 4.41. The van der Waals surface area contributed by atoms with Crippen molar-refractivity contribution in [3.63, 3.8) is 0 Å². The Balaban J connectivity index is 1.99. The van der Waals surface area contributed by atoms with Crippen molar-refractivity contribution >= 4 is 21.5 Å². The van der Waals surface area contributed by atoms with Gasteiger partial charge in [0.1, 0.15) is 23.0 Å². The molecule has 0 unspecified atom stereocenters. The monoisotopic (exact) mass is 332 g/mol. The van der Waals surface area contributed by atoms with E-state index in [0.29, 0.717) is 21.9 Å². The van der Waals surface area contributed by atoms with Gasteiger partial charge in [-0.15, -0.1) is 0 Å². The van der Waals surface area contributed by atoms with Crippen LogP contribution in [0.5, 0.6) is 23.0 Å². The molecule has 0 aliphatic heterocycles. The zero-order valence-electron chi connectivity index (χ0n) is 13.3. The van der Waals surface area contributed by atoms with Gasteiger partial charge in [0.05, 0.1) is 0 Å². The summed E-state index contributed by atoms with van der Waals surface area (Å²) in [5, 5.41) is 43.6. The van der Waals surface area contributed by atoms with Gasteiger partial charge in [-0.2, -0.15) is 0 Å². The molecule has 4 aromatic carbocycles. The summed E-state index contributed by atoms with van der Waals surface area (Å²) >= 11 is 0. The average molecular weight is 332 g/mol. The van der Waals surface area contributed by atoms with E-state index in [9.17, 15) is 20.4 Å². The fraction of sp³-hybridized carbons (Fsp3) is 0.0476. The molecule has 0 saturated carbocycles. The number of aromatic hydroxyl groups is 4. The molecule has 4 nitrogen and oxygen atoms in total. The summed E-state index contributed by atoms with van der Waals surface area (Å²) in [6.45, 7) is 0. The molecule has 0 spiro atoms. The van der Waals surface area contributed by atoms with E-state index in [-0.39, 0.29) is 29.4 Å². The van der Waals surface area contributed by atoms with E-state index >= 15 is 0 Å². The molecule has 0 bridgehead atoms. The van der Waals surface area contributed by atoms with Crippen LogP contribution in [-0.4, -0.2) is 20.4 Å². The molecule has 0 aliphatic carbocycles. The zero-order chi connectivity index (χ0) is 17.6. The molecule has 4 rings (SSSR count). The molecule has 4 N–H and O–H groups in total. The lowest BCUT2D eigenvalue weighted by molar-refractivity contribution is 0.448. The number of fused-ring (bicyclic) bond motifs is 2. The molecule has 0 aliphatic rings. The van der Waals surface area contributed by atoms with Crippen molar-refractivity contribution in [2.45, 2.75) is 6.42 Å². The molecule has 0 fully saturated rings. The van der Waals surface area contributed by atoms with Gasteiger partial charge in [0.15, 0.2) is 0 Å². The summed E-state index contributed by atoms with van der Waals surface area (Å²) in [6.07, 6.45) is 0.263. The highest BCUT2D eigenvalue weighted by Gasteiger charge is 2.16. The Labute approximate surface area is 143 Å². The average Bonchev–Trinajstić information content (AvgIpc) is 2.61. The third-order valence-electron chi connectivity index (χ3n) is 4.58. The van der Waals surface area contributed by atoms with Crippen LogP contribution in [0.25, 0.3) is 21.5 Å². The van der Waals surface area contributed by atoms with Crippen LogP contribution < -0.4 is 0 Å². The third kappa shape index (κ3) is 2.39. The van der Waals surface area contributed by atoms with Gasteiger partial charge in [-0.25, -0.2) is 0 Å². The van der Waals surface area contributed by atoms with Crippen molar-refractivity contribution in [3.8, 4) is 23.0 Å². The number of rotatable bonds is 2. The lowest BCUT2D eigenvalue weighted by atomic mass is 9.93. The van der Waals surface area contributed by atoms with Gasteiger partial charge >= 0.3 is 0 Å². The highest BCUT2D eigenvalue weighted by molar-refractivity contribution is 5.96. The number of phenolic OH excluding ortho intramolecular Hbond substituents is 4. The first-order chi connectivity index (χ1) is 12.1. The van der Waals surface area contributed by atoms with Gasteiger partial charge in [0, 0.05) is 40.5 Å². The largest absolute Gasteiger partial charge is 0.507 e. The zero-order valence-corrected chi connectivity index (χ0v) is 13.3. The molecule has 0 aromatic heterocycles. The number of phenols is 4. The van der Waals surface area contributed by atoms with Crippen molar-refractivity contribution in [2.75, 3.05) is 0 Å². The van der Waals surface area contributed by atoms with Crippen molar-refractivity contribution < 1.29 is 20.4 Å². The van der Waals surface area contributed by atoms with E-state index in [1.807, 2.05) is 36.4 Å². The fourth-order valence-electron chi connectivity index (χ4n) is 3.35. The van der Waals surface area contributed by atoms with E-state index in [4.69, 9.17) is 0 Å². The SMILES string of the molecule is Oc1cc(O)c2ccccc2c1Cc1c(O)cc(O)c2ccccc12. The van der Waals surface area contributed by atoms with E-state index in [1.54, 1.807) is 12.1 Å². The van der Waals surface area contributed by atoms with E-state index in [0.717, 1.165) is 10.8 Å². The lowest BCUT2D eigenvalue weighted by Crippen LogP contribution is -1.94. The quantitative estimate of drug-likeness (QED) is 0.438. The summed E-state index contributed by atoms with van der Waals surface area (Å²) in [6, 6.07) is 17.1. The first-order valence-corrected chi connectivity index (χ1v) is 7.91. The molecule has 0 saturated heterocycles. The van der Waals surface area contributed by atoms with Gasteiger partial charge in [0.2, 0.25) is 0 Å². The minimum Gasteiger partial charge on any atom is -0.507 e. The standard InChI is InChI=1S/C21H16O4/c22-18-10-20(24)16(12-5-1-3-7-14(12)18)9-17-13-6-2-4-8-15(13)19(23)11-21(17)25/h1-8,10-11,22-25H,9H2. The molecule has 0 atom stereocenters. The second-order valence-corrected chi connectivity index (χ2v) is 6.05. The molecule has 0 amide bonds. The van der Waals surface area contributed by atoms with Crippen molar-refractivity contribution in [1.29, 1.82) is 0 Å². The third-order valence-corrected chi connectivity index (χ3v) is 4.58. The van der Waals surface area contributed by atoms with Crippen LogP contribution in [0.1, 0.15) is 11.1 Å². The maximum atomic E-state index is 10.4. The van der Waals surface area contributed by atoms with Crippen LogP contribution >= 0.6 is 0 Å². The van der Waals surface area contributed by atoms with Gasteiger partial charge in [-0.05, 0) is 10.8 Å². The fourth-order valence-corrected chi connectivity index (χ4v) is 3.35. The first kappa shape index (κ1) is 15.1. The minimum absolute atomic E-state index is 0.0108. The van der Waals surface area contributed by atoms with Crippen molar-refractivity contribution in [2.24, 2.45) is 0 Å². The summed E-state index contributed by atoms with van der Waals surface area (Å²) in [4.78, 5) is 0. The van der Waals surface area contributed by atoms with Gasteiger partial charge < -0.3 is 20.4 Å². The Morgan fingerprint density at radius 1 is 0.480 bits per heavy atom. The normalized spacial score (nSPS) is 11.2. The smallest absolute Gasteiger partial charge is 0.127 e. The first-order valence-electron chi connectivity index (χ1n) is 7.91. The van der Waals surface area contributed by atoms with Gasteiger partial charge in [-0.1, -0.05) is 48.5 Å². The second-order valence-electron chi connectivity index (χ2n) is 6.05. The van der Waals surface area contributed by atoms with Crippen LogP contribution in [-0.2, 0) is 6.42 Å². The molecule has 4 aromatic rings. The lowest BCUT2D eigenvalue weighted by Gasteiger charge is -2.14. The molecular weight excluding hydrogens is 316 g/mol. The molecule has 124 valence electrons. The van der Waals surface area contributed by atoms with E-state index in [1.165, 1.54) is 12.1 Å². The van der Waals surface area contributed by atoms with Crippen molar-refractivity contribution in [1.82, 2.24) is 0 Å². The Morgan fingerprint density at radius 2 is 0.840 bits per heavy atom. The maximum absolute atomic E-state index is 10.4. The second kappa shape index (κ2) is 5.60. The summed E-state index contributed by atoms with van der Waals surface area (Å²) in [7, 11) is 0. The van der Waals surface area contributed by atoms with E-state index < -0.39 is 0 Å². The molecular formula is C21H16O4. The van der Waals surface area contributed by atoms with Crippen molar-refractivity contribution in [3.05, 3.63) is 71.8 Å². The highest BCUT2D eigenvalue weighted by atomic mass is 16.3. The summed E-state index contributed by atoms with van der Waals surface area (Å²) < 4.78 is 0. The van der Waals surface area contributed by atoms with Crippen LogP contribution in [0.2, 0.25) is 0 Å². The van der Waals surface area contributed by atoms with E-state index in [2.05, 4.69) is 0 Å². The van der Waals surface area contributed by atoms with Crippen LogP contribution in [0.4, 0.5) is 0 Å². The molecule has 0 heterocycles. The summed E-state index contributed by atoms with van der Waals surface area (Å²) in [5.74, 6) is -0.0474. The Morgan fingerprint density at radius 3 is 1.24 bits per heavy atom. The molecule has 25 heavy (non-hydrogen) atoms. The Bertz CT molecular complexity index is 1030. The van der Waals surface area contributed by atoms with Crippen LogP contribution in [0, 0.1) is 0 Å². The Kier molecular flexibility index (Phi) is 3.39. The highest BCUT2D eigenvalue weighted by Crippen LogP contribution is 2.40.